The number of nitrogens with one attached hydrogen (secondary N) is 1. The highest BCUT2D eigenvalue weighted by molar-refractivity contribution is 5.29. The van der Waals surface area contributed by atoms with Gasteiger partial charge in [-0.3, -0.25) is 0 Å². The van der Waals surface area contributed by atoms with Crippen LogP contribution in [0.5, 0.6) is 5.75 Å². The van der Waals surface area contributed by atoms with E-state index in [-0.39, 0.29) is 13.2 Å². The van der Waals surface area contributed by atoms with Crippen molar-refractivity contribution < 1.29 is 19.5 Å². The Balaban J connectivity index is 2.03. The van der Waals surface area contributed by atoms with Crippen LogP contribution in [0.4, 0.5) is 0 Å². The lowest BCUT2D eigenvalue weighted by atomic mass is 10.2. The molecule has 0 spiro atoms. The van der Waals surface area contributed by atoms with E-state index in [0.29, 0.717) is 12.5 Å². The van der Waals surface area contributed by atoms with Gasteiger partial charge < -0.3 is 24.0 Å². The highest BCUT2D eigenvalue weighted by Gasteiger charge is 2.19. The molecule has 0 saturated heterocycles. The fourth-order valence-corrected chi connectivity index (χ4v) is 3.44. The Hall–Kier alpha value is -2.26. The molecule has 2 aromatic rings. The molecule has 2 atom stereocenters. The first-order valence-electron chi connectivity index (χ1n) is 9.81. The molecule has 0 saturated carbocycles. The number of hydrogen-bond donors (Lipinski definition) is 2. The quantitative estimate of drug-likeness (QED) is 0.431. The molecule has 1 unspecified atom stereocenters. The summed E-state index contributed by atoms with van der Waals surface area (Å²) < 4.78 is 12.9. The minimum atomic E-state index is -0.524. The summed E-state index contributed by atoms with van der Waals surface area (Å²) in [6.45, 7) is 8.18. The lowest BCUT2D eigenvalue weighted by Gasteiger charge is -2.24. The summed E-state index contributed by atoms with van der Waals surface area (Å²) in [6.07, 6.45) is 6.78. The van der Waals surface area contributed by atoms with Gasteiger partial charge >= 0.3 is 0 Å². The van der Waals surface area contributed by atoms with E-state index in [4.69, 9.17) is 15.9 Å². The standard InChI is InChI=1S/C23H32N2O3/c1-5-12-28-18-22(26)17-24(14-19(2)3)16-21-9-7-11-25(21)15-20-8-6-10-23(13-20)27-4/h1,6-11,13,19,22,26H,12,14-18H2,2-4H3/p+1/t22-/m0/s1. The lowest BCUT2D eigenvalue weighted by molar-refractivity contribution is -0.920. The molecule has 0 amide bonds. The van der Waals surface area contributed by atoms with Crippen molar-refractivity contribution in [3.63, 3.8) is 0 Å². The number of methoxy groups -OCH3 is 1. The molecule has 1 aromatic carbocycles. The minimum Gasteiger partial charge on any atom is -0.497 e. The van der Waals surface area contributed by atoms with Crippen LogP contribution >= 0.6 is 0 Å². The molecule has 0 aliphatic rings. The smallest absolute Gasteiger partial charge is 0.126 e. The van der Waals surface area contributed by atoms with Crippen molar-refractivity contribution in [1.29, 1.82) is 0 Å². The molecule has 2 N–H and O–H groups in total. The Bertz CT molecular complexity index is 748. The highest BCUT2D eigenvalue weighted by Crippen LogP contribution is 2.14. The van der Waals surface area contributed by atoms with Crippen LogP contribution in [0.3, 0.4) is 0 Å². The first kappa shape index (κ1) is 22.0. The Morgan fingerprint density at radius 1 is 1.21 bits per heavy atom. The summed E-state index contributed by atoms with van der Waals surface area (Å²) in [5.74, 6) is 3.84. The molecular weight excluding hydrogens is 352 g/mol. The van der Waals surface area contributed by atoms with Gasteiger partial charge in [-0.05, 0) is 29.8 Å². The maximum Gasteiger partial charge on any atom is 0.126 e. The molecule has 0 aliphatic heterocycles. The van der Waals surface area contributed by atoms with Gasteiger partial charge in [-0.25, -0.2) is 0 Å². The molecule has 1 aromatic heterocycles. The van der Waals surface area contributed by atoms with Gasteiger partial charge in [0, 0.05) is 18.7 Å². The first-order valence-corrected chi connectivity index (χ1v) is 9.81. The molecule has 1 heterocycles. The Morgan fingerprint density at radius 2 is 2.04 bits per heavy atom. The molecule has 0 bridgehead atoms. The number of benzene rings is 1. The number of quaternary nitrogens is 1. The van der Waals surface area contributed by atoms with Crippen LogP contribution in [0.2, 0.25) is 0 Å². The van der Waals surface area contributed by atoms with Crippen molar-refractivity contribution in [2.45, 2.75) is 33.0 Å². The van der Waals surface area contributed by atoms with Gasteiger partial charge in [0.05, 0.1) is 26.0 Å². The van der Waals surface area contributed by atoms with E-state index in [1.807, 2.05) is 12.1 Å². The van der Waals surface area contributed by atoms with Crippen molar-refractivity contribution >= 4 is 0 Å². The van der Waals surface area contributed by atoms with Crippen molar-refractivity contribution in [3.05, 3.63) is 53.9 Å². The number of hydrogen-bond acceptors (Lipinski definition) is 3. The molecule has 2 rings (SSSR count). The maximum atomic E-state index is 10.3. The van der Waals surface area contributed by atoms with E-state index in [2.05, 4.69) is 54.8 Å². The largest absolute Gasteiger partial charge is 0.497 e. The molecule has 0 aliphatic carbocycles. The summed E-state index contributed by atoms with van der Waals surface area (Å²) >= 11 is 0. The Labute approximate surface area is 168 Å². The lowest BCUT2D eigenvalue weighted by Crippen LogP contribution is -3.12. The van der Waals surface area contributed by atoms with Gasteiger partial charge in [0.2, 0.25) is 0 Å². The molecule has 0 fully saturated rings. The third kappa shape index (κ3) is 7.40. The van der Waals surface area contributed by atoms with Crippen LogP contribution < -0.4 is 9.64 Å². The van der Waals surface area contributed by atoms with E-state index in [1.54, 1.807) is 7.11 Å². The third-order valence-corrected chi connectivity index (χ3v) is 4.56. The van der Waals surface area contributed by atoms with Gasteiger partial charge in [-0.15, -0.1) is 6.42 Å². The predicted molar refractivity (Wildman–Crippen MR) is 111 cm³/mol. The summed E-state index contributed by atoms with van der Waals surface area (Å²) in [5.41, 5.74) is 2.44. The normalized spacial score (nSPS) is 13.3. The van der Waals surface area contributed by atoms with E-state index in [0.717, 1.165) is 25.4 Å². The van der Waals surface area contributed by atoms with Gasteiger partial charge in [0.25, 0.3) is 0 Å². The summed E-state index contributed by atoms with van der Waals surface area (Å²) in [6, 6.07) is 12.4. The number of aliphatic hydroxyl groups excluding tert-OH is 1. The molecule has 152 valence electrons. The Morgan fingerprint density at radius 3 is 2.75 bits per heavy atom. The van der Waals surface area contributed by atoms with Crippen LogP contribution in [-0.2, 0) is 17.8 Å². The number of ether oxygens (including phenoxy) is 2. The summed E-state index contributed by atoms with van der Waals surface area (Å²) in [4.78, 5) is 1.33. The minimum absolute atomic E-state index is 0.236. The van der Waals surface area contributed by atoms with Crippen molar-refractivity contribution in [2.24, 2.45) is 5.92 Å². The van der Waals surface area contributed by atoms with Crippen LogP contribution in [0.25, 0.3) is 0 Å². The number of aromatic nitrogens is 1. The summed E-state index contributed by atoms with van der Waals surface area (Å²) in [7, 11) is 1.69. The zero-order valence-electron chi connectivity index (χ0n) is 17.2. The second-order valence-corrected chi connectivity index (χ2v) is 7.58. The number of nitrogens with zero attached hydrogens (tertiary/aromatic N) is 1. The number of rotatable bonds is 12. The fraction of sp³-hybridized carbons (Fsp3) is 0.478. The first-order chi connectivity index (χ1) is 13.5. The molecule has 28 heavy (non-hydrogen) atoms. The molecule has 5 heteroatoms. The average Bonchev–Trinajstić information content (AvgIpc) is 3.08. The fourth-order valence-electron chi connectivity index (χ4n) is 3.44. The second-order valence-electron chi connectivity index (χ2n) is 7.58. The zero-order valence-corrected chi connectivity index (χ0v) is 17.2. The van der Waals surface area contributed by atoms with Crippen LogP contribution in [0.1, 0.15) is 25.1 Å². The molecular formula is C23H33N2O3+. The van der Waals surface area contributed by atoms with Crippen molar-refractivity contribution in [2.75, 3.05) is 33.4 Å². The average molecular weight is 386 g/mol. The van der Waals surface area contributed by atoms with Crippen molar-refractivity contribution in [1.82, 2.24) is 4.57 Å². The predicted octanol–water partition coefficient (Wildman–Crippen LogP) is 1.60. The van der Waals surface area contributed by atoms with E-state index < -0.39 is 6.10 Å². The van der Waals surface area contributed by atoms with E-state index in [9.17, 15) is 5.11 Å². The van der Waals surface area contributed by atoms with Gasteiger partial charge in [0.15, 0.2) is 0 Å². The second kappa shape index (κ2) is 11.6. The van der Waals surface area contributed by atoms with Crippen LogP contribution in [0, 0.1) is 18.3 Å². The van der Waals surface area contributed by atoms with Crippen LogP contribution in [0.15, 0.2) is 42.6 Å². The Kier molecular flexibility index (Phi) is 9.09. The van der Waals surface area contributed by atoms with Gasteiger partial charge in [-0.1, -0.05) is 31.9 Å². The molecule has 5 nitrogen and oxygen atoms in total. The van der Waals surface area contributed by atoms with E-state index in [1.165, 1.54) is 16.2 Å². The topological polar surface area (TPSA) is 48.1 Å². The maximum absolute atomic E-state index is 10.3. The molecule has 0 radical (unpaired) electrons. The third-order valence-electron chi connectivity index (χ3n) is 4.56. The SMILES string of the molecule is C#CCOC[C@@H](O)C[NH+](Cc1cccn1Cc1cccc(OC)c1)CC(C)C. The highest BCUT2D eigenvalue weighted by atomic mass is 16.5. The summed E-state index contributed by atoms with van der Waals surface area (Å²) in [5, 5.41) is 10.3. The van der Waals surface area contributed by atoms with E-state index >= 15 is 0 Å². The van der Waals surface area contributed by atoms with Gasteiger partial charge in [0.1, 0.15) is 31.5 Å². The zero-order chi connectivity index (χ0) is 20.4. The van der Waals surface area contributed by atoms with Crippen LogP contribution in [-0.4, -0.2) is 49.2 Å². The van der Waals surface area contributed by atoms with Crippen molar-refractivity contribution in [3.8, 4) is 18.1 Å². The monoisotopic (exact) mass is 385 g/mol. The number of aliphatic hydroxyl groups is 1. The van der Waals surface area contributed by atoms with Gasteiger partial charge in [-0.2, -0.15) is 0 Å². The number of terminal acetylenes is 1.